The molecule has 0 bridgehead atoms. The van der Waals surface area contributed by atoms with E-state index < -0.39 is 0 Å². The summed E-state index contributed by atoms with van der Waals surface area (Å²) in [6, 6.07) is 8.28. The first-order valence-corrected chi connectivity index (χ1v) is 8.71. The molecule has 2 heteroatoms. The van der Waals surface area contributed by atoms with Gasteiger partial charge in [-0.15, -0.1) is 0 Å². The second-order valence-corrected chi connectivity index (χ2v) is 6.73. The van der Waals surface area contributed by atoms with Crippen molar-refractivity contribution in [3.05, 3.63) is 29.3 Å². The number of hydrogen-bond donors (Lipinski definition) is 1. The zero-order chi connectivity index (χ0) is 15.2. The van der Waals surface area contributed by atoms with Crippen molar-refractivity contribution in [2.45, 2.75) is 78.4 Å². The van der Waals surface area contributed by atoms with E-state index in [9.17, 15) is 0 Å². The van der Waals surface area contributed by atoms with Crippen molar-refractivity contribution in [2.24, 2.45) is 0 Å². The van der Waals surface area contributed by atoms with Gasteiger partial charge in [-0.2, -0.15) is 0 Å². The molecule has 118 valence electrons. The van der Waals surface area contributed by atoms with Gasteiger partial charge in [-0.1, -0.05) is 45.2 Å². The molecular formula is C19H32N2. The Kier molecular flexibility index (Phi) is 6.10. The molecule has 0 radical (unpaired) electrons. The van der Waals surface area contributed by atoms with E-state index in [2.05, 4.69) is 56.1 Å². The van der Waals surface area contributed by atoms with Gasteiger partial charge in [0.15, 0.2) is 0 Å². The van der Waals surface area contributed by atoms with Crippen LogP contribution in [-0.2, 0) is 6.54 Å². The normalized spacial score (nSPS) is 16.4. The van der Waals surface area contributed by atoms with Crippen molar-refractivity contribution in [2.75, 3.05) is 11.4 Å². The van der Waals surface area contributed by atoms with Gasteiger partial charge in [-0.05, 0) is 43.9 Å². The molecule has 1 saturated carbocycles. The number of anilines is 1. The molecule has 0 unspecified atom stereocenters. The Labute approximate surface area is 130 Å². The van der Waals surface area contributed by atoms with Gasteiger partial charge in [-0.3, -0.25) is 0 Å². The molecule has 1 aromatic rings. The van der Waals surface area contributed by atoms with Crippen molar-refractivity contribution in [1.29, 1.82) is 0 Å². The first-order chi connectivity index (χ1) is 10.1. The van der Waals surface area contributed by atoms with Crippen molar-refractivity contribution in [1.82, 2.24) is 5.32 Å². The predicted molar refractivity (Wildman–Crippen MR) is 93.0 cm³/mol. The standard InChI is InChI=1S/C19H32N2/c1-5-21(18-9-7-6-8-10-18)19-12-11-17(13-16(19)4)14-20-15(2)3/h11-13,15,18,20H,5-10,14H2,1-4H3. The summed E-state index contributed by atoms with van der Waals surface area (Å²) in [5, 5.41) is 3.50. The minimum atomic E-state index is 0.541. The molecule has 0 spiro atoms. The lowest BCUT2D eigenvalue weighted by molar-refractivity contribution is 0.418. The number of nitrogens with zero attached hydrogens (tertiary/aromatic N) is 1. The molecule has 0 atom stereocenters. The molecule has 1 aliphatic rings. The van der Waals surface area contributed by atoms with E-state index >= 15 is 0 Å². The quantitative estimate of drug-likeness (QED) is 0.819. The van der Waals surface area contributed by atoms with E-state index in [1.54, 1.807) is 0 Å². The summed E-state index contributed by atoms with van der Waals surface area (Å²) in [5.74, 6) is 0. The maximum absolute atomic E-state index is 3.50. The van der Waals surface area contributed by atoms with Gasteiger partial charge in [0, 0.05) is 30.9 Å². The number of rotatable bonds is 6. The molecule has 1 aliphatic carbocycles. The lowest BCUT2D eigenvalue weighted by Gasteiger charge is -2.36. The molecule has 2 rings (SSSR count). The molecule has 1 aromatic carbocycles. The van der Waals surface area contributed by atoms with Crippen LogP contribution in [0.5, 0.6) is 0 Å². The lowest BCUT2D eigenvalue weighted by Crippen LogP contribution is -2.37. The van der Waals surface area contributed by atoms with Crippen molar-refractivity contribution >= 4 is 5.69 Å². The summed E-state index contributed by atoms with van der Waals surface area (Å²) in [6.07, 6.45) is 6.95. The highest BCUT2D eigenvalue weighted by Gasteiger charge is 2.21. The van der Waals surface area contributed by atoms with Crippen LogP contribution in [-0.4, -0.2) is 18.6 Å². The Bertz CT molecular complexity index is 433. The highest BCUT2D eigenvalue weighted by Crippen LogP contribution is 2.29. The number of aryl methyl sites for hydroxylation is 1. The Morgan fingerprint density at radius 3 is 2.48 bits per heavy atom. The van der Waals surface area contributed by atoms with Crippen LogP contribution in [0.4, 0.5) is 5.69 Å². The fraction of sp³-hybridized carbons (Fsp3) is 0.684. The summed E-state index contributed by atoms with van der Waals surface area (Å²) in [5.41, 5.74) is 4.26. The molecule has 0 aromatic heterocycles. The maximum atomic E-state index is 3.50. The Morgan fingerprint density at radius 1 is 1.19 bits per heavy atom. The third kappa shape index (κ3) is 4.47. The number of hydrogen-bond acceptors (Lipinski definition) is 2. The smallest absolute Gasteiger partial charge is 0.0398 e. The Balaban J connectivity index is 2.10. The van der Waals surface area contributed by atoms with E-state index in [0.717, 1.165) is 19.1 Å². The van der Waals surface area contributed by atoms with E-state index in [1.165, 1.54) is 48.9 Å². The fourth-order valence-corrected chi connectivity index (χ4v) is 3.49. The van der Waals surface area contributed by atoms with Gasteiger partial charge in [0.05, 0.1) is 0 Å². The van der Waals surface area contributed by atoms with Gasteiger partial charge in [-0.25, -0.2) is 0 Å². The third-order valence-electron chi connectivity index (χ3n) is 4.64. The SMILES string of the molecule is CCN(c1ccc(CNC(C)C)cc1C)C1CCCCC1. The summed E-state index contributed by atoms with van der Waals surface area (Å²) >= 11 is 0. The van der Waals surface area contributed by atoms with Crippen molar-refractivity contribution in [3.63, 3.8) is 0 Å². The fourth-order valence-electron chi connectivity index (χ4n) is 3.49. The van der Waals surface area contributed by atoms with Gasteiger partial charge < -0.3 is 10.2 Å². The second kappa shape index (κ2) is 7.84. The first-order valence-electron chi connectivity index (χ1n) is 8.71. The first kappa shape index (κ1) is 16.4. The average molecular weight is 288 g/mol. The van der Waals surface area contributed by atoms with Crippen LogP contribution in [0.25, 0.3) is 0 Å². The molecule has 2 nitrogen and oxygen atoms in total. The molecule has 1 N–H and O–H groups in total. The predicted octanol–water partition coefficient (Wildman–Crippen LogP) is 4.65. The van der Waals surface area contributed by atoms with Crippen LogP contribution >= 0.6 is 0 Å². The van der Waals surface area contributed by atoms with Crippen LogP contribution in [0.2, 0.25) is 0 Å². The van der Waals surface area contributed by atoms with E-state index in [1.807, 2.05) is 0 Å². The van der Waals surface area contributed by atoms with Gasteiger partial charge in [0.1, 0.15) is 0 Å². The van der Waals surface area contributed by atoms with Gasteiger partial charge in [0.25, 0.3) is 0 Å². The largest absolute Gasteiger partial charge is 0.369 e. The maximum Gasteiger partial charge on any atom is 0.0398 e. The highest BCUT2D eigenvalue weighted by molar-refractivity contribution is 5.55. The topological polar surface area (TPSA) is 15.3 Å². The second-order valence-electron chi connectivity index (χ2n) is 6.73. The summed E-state index contributed by atoms with van der Waals surface area (Å²) in [6.45, 7) is 11.0. The number of nitrogens with one attached hydrogen (secondary N) is 1. The minimum absolute atomic E-state index is 0.541. The number of benzene rings is 1. The van der Waals surface area contributed by atoms with Gasteiger partial charge in [0.2, 0.25) is 0 Å². The van der Waals surface area contributed by atoms with Crippen LogP contribution in [0.1, 0.15) is 64.0 Å². The molecular weight excluding hydrogens is 256 g/mol. The molecule has 0 saturated heterocycles. The van der Waals surface area contributed by atoms with Crippen molar-refractivity contribution < 1.29 is 0 Å². The summed E-state index contributed by atoms with van der Waals surface area (Å²) in [4.78, 5) is 2.63. The Morgan fingerprint density at radius 2 is 1.90 bits per heavy atom. The van der Waals surface area contributed by atoms with Crippen LogP contribution in [0.3, 0.4) is 0 Å². The summed E-state index contributed by atoms with van der Waals surface area (Å²) < 4.78 is 0. The molecule has 21 heavy (non-hydrogen) atoms. The summed E-state index contributed by atoms with van der Waals surface area (Å²) in [7, 11) is 0. The molecule has 1 fully saturated rings. The molecule has 0 heterocycles. The van der Waals surface area contributed by atoms with E-state index in [0.29, 0.717) is 6.04 Å². The monoisotopic (exact) mass is 288 g/mol. The Hall–Kier alpha value is -1.02. The zero-order valence-electron chi connectivity index (χ0n) is 14.3. The highest BCUT2D eigenvalue weighted by atomic mass is 15.2. The van der Waals surface area contributed by atoms with Gasteiger partial charge >= 0.3 is 0 Å². The third-order valence-corrected chi connectivity index (χ3v) is 4.64. The van der Waals surface area contributed by atoms with E-state index in [-0.39, 0.29) is 0 Å². The minimum Gasteiger partial charge on any atom is -0.369 e. The van der Waals surface area contributed by atoms with Crippen molar-refractivity contribution in [3.8, 4) is 0 Å². The van der Waals surface area contributed by atoms with Crippen LogP contribution in [0, 0.1) is 6.92 Å². The molecule has 0 amide bonds. The molecule has 0 aliphatic heterocycles. The van der Waals surface area contributed by atoms with E-state index in [4.69, 9.17) is 0 Å². The lowest BCUT2D eigenvalue weighted by atomic mass is 9.93. The van der Waals surface area contributed by atoms with Crippen LogP contribution < -0.4 is 10.2 Å². The average Bonchev–Trinajstić information content (AvgIpc) is 2.49. The van der Waals surface area contributed by atoms with Crippen LogP contribution in [0.15, 0.2) is 18.2 Å². The zero-order valence-corrected chi connectivity index (χ0v) is 14.3.